The highest BCUT2D eigenvalue weighted by Gasteiger charge is 2.25. The Hall–Kier alpha value is -2.62. The van der Waals surface area contributed by atoms with E-state index in [1.165, 1.54) is 0 Å². The summed E-state index contributed by atoms with van der Waals surface area (Å²) in [4.78, 5) is 25.1. The molecule has 2 aromatic carbocycles. The summed E-state index contributed by atoms with van der Waals surface area (Å²) in [5, 5.41) is 5.72. The molecule has 0 unspecified atom stereocenters. The molecular formula is C20H24N2O2. The van der Waals surface area contributed by atoms with Crippen molar-refractivity contribution in [2.75, 3.05) is 5.32 Å². The van der Waals surface area contributed by atoms with E-state index in [1.807, 2.05) is 70.2 Å². The van der Waals surface area contributed by atoms with Gasteiger partial charge in [0.05, 0.1) is 0 Å². The molecule has 0 saturated heterocycles. The molecule has 2 amide bonds. The molecule has 2 aromatic rings. The number of hydrogen-bond donors (Lipinski definition) is 2. The lowest BCUT2D eigenvalue weighted by Gasteiger charge is -2.22. The second-order valence-electron chi connectivity index (χ2n) is 6.37. The van der Waals surface area contributed by atoms with Crippen molar-refractivity contribution in [3.63, 3.8) is 0 Å². The molecule has 4 heteroatoms. The van der Waals surface area contributed by atoms with E-state index in [0.717, 1.165) is 16.8 Å². The van der Waals surface area contributed by atoms with Gasteiger partial charge in [-0.1, -0.05) is 49.7 Å². The molecule has 0 bridgehead atoms. The van der Waals surface area contributed by atoms with E-state index in [2.05, 4.69) is 10.6 Å². The summed E-state index contributed by atoms with van der Waals surface area (Å²) < 4.78 is 0. The second kappa shape index (κ2) is 7.77. The summed E-state index contributed by atoms with van der Waals surface area (Å²) in [6.45, 7) is 7.70. The van der Waals surface area contributed by atoms with Crippen molar-refractivity contribution in [3.8, 4) is 0 Å². The Bertz CT molecular complexity index is 721. The Kier molecular flexibility index (Phi) is 5.74. The van der Waals surface area contributed by atoms with Gasteiger partial charge in [0.25, 0.3) is 5.91 Å². The Morgan fingerprint density at radius 2 is 1.54 bits per heavy atom. The van der Waals surface area contributed by atoms with Gasteiger partial charge in [0.2, 0.25) is 5.91 Å². The molecule has 2 rings (SSSR count). The van der Waals surface area contributed by atoms with Crippen LogP contribution in [0, 0.1) is 19.8 Å². The van der Waals surface area contributed by atoms with E-state index in [1.54, 1.807) is 6.07 Å². The van der Waals surface area contributed by atoms with Gasteiger partial charge in [-0.05, 0) is 43.5 Å². The predicted molar refractivity (Wildman–Crippen MR) is 97.1 cm³/mol. The van der Waals surface area contributed by atoms with Crippen molar-refractivity contribution >= 4 is 17.5 Å². The van der Waals surface area contributed by atoms with Crippen LogP contribution in [0.1, 0.15) is 35.3 Å². The lowest BCUT2D eigenvalue weighted by molar-refractivity contribution is -0.118. The zero-order chi connectivity index (χ0) is 17.7. The van der Waals surface area contributed by atoms with Gasteiger partial charge in [-0.3, -0.25) is 9.59 Å². The molecule has 0 saturated carbocycles. The first-order chi connectivity index (χ1) is 11.4. The monoisotopic (exact) mass is 324 g/mol. The third-order valence-electron chi connectivity index (χ3n) is 3.94. The van der Waals surface area contributed by atoms with Crippen LogP contribution in [0.5, 0.6) is 0 Å². The third kappa shape index (κ3) is 4.44. The highest BCUT2D eigenvalue weighted by atomic mass is 16.2. The Morgan fingerprint density at radius 3 is 2.12 bits per heavy atom. The summed E-state index contributed by atoms with van der Waals surface area (Å²) in [6, 6.07) is 14.3. The maximum Gasteiger partial charge on any atom is 0.252 e. The van der Waals surface area contributed by atoms with Gasteiger partial charge >= 0.3 is 0 Å². The summed E-state index contributed by atoms with van der Waals surface area (Å²) in [5.74, 6) is -0.468. The highest BCUT2D eigenvalue weighted by Crippen LogP contribution is 2.13. The number of carbonyl (C=O) groups excluding carboxylic acids is 2. The zero-order valence-electron chi connectivity index (χ0n) is 14.6. The van der Waals surface area contributed by atoms with Gasteiger partial charge < -0.3 is 10.6 Å². The van der Waals surface area contributed by atoms with E-state index in [-0.39, 0.29) is 17.7 Å². The number of anilines is 1. The molecule has 0 spiro atoms. The molecule has 24 heavy (non-hydrogen) atoms. The summed E-state index contributed by atoms with van der Waals surface area (Å²) in [6.07, 6.45) is 0. The minimum absolute atomic E-state index is 0.0246. The Morgan fingerprint density at radius 1 is 0.917 bits per heavy atom. The van der Waals surface area contributed by atoms with Crippen LogP contribution < -0.4 is 10.6 Å². The number of hydrogen-bond acceptors (Lipinski definition) is 2. The fraction of sp³-hybridized carbons (Fsp3) is 0.300. The van der Waals surface area contributed by atoms with Gasteiger partial charge in [-0.15, -0.1) is 0 Å². The van der Waals surface area contributed by atoms with E-state index >= 15 is 0 Å². The molecule has 1 atom stereocenters. The van der Waals surface area contributed by atoms with Crippen LogP contribution in [0.4, 0.5) is 5.69 Å². The first kappa shape index (κ1) is 17.7. The average molecular weight is 324 g/mol. The van der Waals surface area contributed by atoms with Crippen molar-refractivity contribution < 1.29 is 9.59 Å². The van der Waals surface area contributed by atoms with Crippen molar-refractivity contribution in [1.29, 1.82) is 0 Å². The predicted octanol–water partition coefficient (Wildman–Crippen LogP) is 3.70. The molecule has 0 aliphatic rings. The normalized spacial score (nSPS) is 11.9. The molecule has 0 aliphatic carbocycles. The second-order valence-corrected chi connectivity index (χ2v) is 6.37. The van der Waals surface area contributed by atoms with Crippen LogP contribution in [0.25, 0.3) is 0 Å². The Labute approximate surface area is 143 Å². The van der Waals surface area contributed by atoms with Crippen LogP contribution in [0.15, 0.2) is 48.5 Å². The minimum atomic E-state index is -0.599. The van der Waals surface area contributed by atoms with Crippen LogP contribution in [0.3, 0.4) is 0 Å². The average Bonchev–Trinajstić information content (AvgIpc) is 2.54. The number of amides is 2. The van der Waals surface area contributed by atoms with Crippen LogP contribution in [-0.4, -0.2) is 17.9 Å². The lowest BCUT2D eigenvalue weighted by atomic mass is 10.0. The largest absolute Gasteiger partial charge is 0.340 e. The quantitative estimate of drug-likeness (QED) is 0.881. The maximum atomic E-state index is 12.6. The smallest absolute Gasteiger partial charge is 0.252 e. The van der Waals surface area contributed by atoms with Gasteiger partial charge in [0.15, 0.2) is 0 Å². The van der Waals surface area contributed by atoms with Gasteiger partial charge in [0, 0.05) is 11.3 Å². The fourth-order valence-electron chi connectivity index (χ4n) is 2.44. The zero-order valence-corrected chi connectivity index (χ0v) is 14.6. The highest BCUT2D eigenvalue weighted by molar-refractivity contribution is 6.01. The van der Waals surface area contributed by atoms with Crippen molar-refractivity contribution in [2.24, 2.45) is 5.92 Å². The third-order valence-corrected chi connectivity index (χ3v) is 3.94. The lowest BCUT2D eigenvalue weighted by Crippen LogP contribution is -2.47. The van der Waals surface area contributed by atoms with Crippen molar-refractivity contribution in [3.05, 3.63) is 65.2 Å². The van der Waals surface area contributed by atoms with Crippen LogP contribution >= 0.6 is 0 Å². The molecule has 0 heterocycles. The van der Waals surface area contributed by atoms with E-state index in [4.69, 9.17) is 0 Å². The molecular weight excluding hydrogens is 300 g/mol. The summed E-state index contributed by atoms with van der Waals surface area (Å²) >= 11 is 0. The fourth-order valence-corrected chi connectivity index (χ4v) is 2.44. The first-order valence-electron chi connectivity index (χ1n) is 8.12. The van der Waals surface area contributed by atoms with E-state index in [9.17, 15) is 9.59 Å². The van der Waals surface area contributed by atoms with Gasteiger partial charge in [-0.2, -0.15) is 0 Å². The number of carbonyl (C=O) groups is 2. The standard InChI is InChI=1S/C20H24N2O2/c1-13(2)18(20(24)21-16-11-9-14(3)10-12-16)22-19(23)17-8-6-5-7-15(17)4/h5-13,18H,1-4H3,(H,21,24)(H,22,23)/t18-/m0/s1. The van der Waals surface area contributed by atoms with Crippen LogP contribution in [0.2, 0.25) is 0 Å². The molecule has 2 N–H and O–H groups in total. The van der Waals surface area contributed by atoms with E-state index in [0.29, 0.717) is 5.56 Å². The molecule has 0 aromatic heterocycles. The molecule has 126 valence electrons. The molecule has 4 nitrogen and oxygen atoms in total. The van der Waals surface area contributed by atoms with Gasteiger partial charge in [-0.25, -0.2) is 0 Å². The molecule has 0 radical (unpaired) electrons. The minimum Gasteiger partial charge on any atom is -0.340 e. The Balaban J connectivity index is 2.11. The topological polar surface area (TPSA) is 58.2 Å². The summed E-state index contributed by atoms with van der Waals surface area (Å²) in [5.41, 5.74) is 3.32. The number of benzene rings is 2. The molecule has 0 fully saturated rings. The maximum absolute atomic E-state index is 12.6. The van der Waals surface area contributed by atoms with E-state index < -0.39 is 6.04 Å². The van der Waals surface area contributed by atoms with Gasteiger partial charge in [0.1, 0.15) is 6.04 Å². The number of nitrogens with one attached hydrogen (secondary N) is 2. The number of rotatable bonds is 5. The summed E-state index contributed by atoms with van der Waals surface area (Å²) in [7, 11) is 0. The van der Waals surface area contributed by atoms with Crippen LogP contribution in [-0.2, 0) is 4.79 Å². The molecule has 0 aliphatic heterocycles. The first-order valence-corrected chi connectivity index (χ1v) is 8.12. The van der Waals surface area contributed by atoms with Crippen molar-refractivity contribution in [1.82, 2.24) is 5.32 Å². The SMILES string of the molecule is Cc1ccc(NC(=O)[C@@H](NC(=O)c2ccccc2C)C(C)C)cc1. The number of aryl methyl sites for hydroxylation is 2. The van der Waals surface area contributed by atoms with Crippen molar-refractivity contribution in [2.45, 2.75) is 33.7 Å².